The Morgan fingerprint density at radius 1 is 0.923 bits per heavy atom. The van der Waals surface area contributed by atoms with E-state index in [-0.39, 0.29) is 12.2 Å². The maximum absolute atomic E-state index is 10.9. The van der Waals surface area contributed by atoms with Gasteiger partial charge in [-0.3, -0.25) is 0 Å². The number of alkyl halides is 6. The van der Waals surface area contributed by atoms with Crippen LogP contribution in [0.2, 0.25) is 0 Å². The summed E-state index contributed by atoms with van der Waals surface area (Å²) in [6.07, 6.45) is -8.57. The molecular formula is C6H5ClF6. The third kappa shape index (κ3) is 24.6. The molecular weight excluding hydrogens is 222 g/mol. The first-order valence-corrected chi connectivity index (χ1v) is 3.11. The topological polar surface area (TPSA) is 0 Å². The maximum Gasteiger partial charge on any atom is 0.410 e. The van der Waals surface area contributed by atoms with Crippen LogP contribution in [0.4, 0.5) is 26.3 Å². The van der Waals surface area contributed by atoms with Crippen molar-refractivity contribution in [3.05, 3.63) is 24.3 Å². The third-order valence-corrected chi connectivity index (χ3v) is 0.609. The highest BCUT2D eigenvalue weighted by Crippen LogP contribution is 2.15. The summed E-state index contributed by atoms with van der Waals surface area (Å²) < 4.78 is 64.7. The van der Waals surface area contributed by atoms with Crippen molar-refractivity contribution >= 4 is 11.6 Å². The minimum absolute atomic E-state index is 0.0471. The summed E-state index contributed by atoms with van der Waals surface area (Å²) >= 11 is 4.59. The molecule has 0 spiro atoms. The molecule has 0 aromatic heterocycles. The van der Waals surface area contributed by atoms with Crippen molar-refractivity contribution in [2.75, 3.05) is 0 Å². The highest BCUT2D eigenvalue weighted by atomic mass is 35.5. The smallest absolute Gasteiger partial charge is 0.167 e. The lowest BCUT2D eigenvalue weighted by Crippen LogP contribution is -1.99. The van der Waals surface area contributed by atoms with E-state index in [1.54, 1.807) is 0 Å². The van der Waals surface area contributed by atoms with Crippen molar-refractivity contribution in [2.24, 2.45) is 0 Å². The zero-order valence-electron chi connectivity index (χ0n) is 6.08. The van der Waals surface area contributed by atoms with Crippen LogP contribution in [0.3, 0.4) is 0 Å². The van der Waals surface area contributed by atoms with Crippen molar-refractivity contribution in [1.82, 2.24) is 0 Å². The van der Waals surface area contributed by atoms with Gasteiger partial charge in [-0.2, -0.15) is 26.3 Å². The second-order valence-corrected chi connectivity index (χ2v) is 1.83. The van der Waals surface area contributed by atoms with Gasteiger partial charge < -0.3 is 0 Å². The molecule has 0 aromatic rings. The van der Waals surface area contributed by atoms with Gasteiger partial charge in [-0.1, -0.05) is 18.2 Å². The fourth-order valence-corrected chi connectivity index (χ4v) is 0.214. The van der Waals surface area contributed by atoms with Crippen molar-refractivity contribution < 1.29 is 26.3 Å². The van der Waals surface area contributed by atoms with Crippen molar-refractivity contribution in [1.29, 1.82) is 0 Å². The average Bonchev–Trinajstić information content (AvgIpc) is 1.84. The van der Waals surface area contributed by atoms with Gasteiger partial charge in [-0.05, 0) is 0 Å². The third-order valence-electron chi connectivity index (χ3n) is 0.483. The lowest BCUT2D eigenvalue weighted by Gasteiger charge is -1.92. The summed E-state index contributed by atoms with van der Waals surface area (Å²) in [5, 5.41) is 0. The fourth-order valence-electron chi connectivity index (χ4n) is 0.0714. The number of hydrogen-bond acceptors (Lipinski definition) is 0. The van der Waals surface area contributed by atoms with Crippen LogP contribution in [0.5, 0.6) is 0 Å². The van der Waals surface area contributed by atoms with Crippen molar-refractivity contribution in [3.8, 4) is 0 Å². The van der Waals surface area contributed by atoms with E-state index in [9.17, 15) is 26.3 Å². The number of allylic oxidation sites excluding steroid dienone is 2. The molecule has 0 heterocycles. The molecule has 0 saturated heterocycles. The molecule has 0 aliphatic rings. The van der Waals surface area contributed by atoms with Crippen LogP contribution in [0.15, 0.2) is 24.3 Å². The maximum atomic E-state index is 10.9. The Bertz CT molecular complexity index is 165. The summed E-state index contributed by atoms with van der Waals surface area (Å²) in [6, 6.07) is 0. The Morgan fingerprint density at radius 2 is 1.23 bits per heavy atom. The van der Waals surface area contributed by atoms with E-state index in [4.69, 9.17) is 0 Å². The first-order valence-electron chi connectivity index (χ1n) is 2.67. The first-order chi connectivity index (χ1) is 5.62. The van der Waals surface area contributed by atoms with Crippen LogP contribution in [-0.2, 0) is 0 Å². The quantitative estimate of drug-likeness (QED) is 0.432. The van der Waals surface area contributed by atoms with Gasteiger partial charge in [0.2, 0.25) is 0 Å². The molecule has 0 unspecified atom stereocenters. The summed E-state index contributed by atoms with van der Waals surface area (Å²) in [4.78, 5) is 0. The second kappa shape index (κ2) is 5.90. The van der Waals surface area contributed by atoms with Gasteiger partial charge in [0, 0.05) is 17.7 Å². The van der Waals surface area contributed by atoms with E-state index in [0.717, 1.165) is 0 Å². The summed E-state index contributed by atoms with van der Waals surface area (Å²) in [7, 11) is 0. The van der Waals surface area contributed by atoms with E-state index in [1.807, 2.05) is 0 Å². The van der Waals surface area contributed by atoms with Gasteiger partial charge in [-0.15, -0.1) is 0 Å². The number of rotatable bonds is 0. The molecule has 0 bridgehead atoms. The van der Waals surface area contributed by atoms with Gasteiger partial charge in [0.15, 0.2) is 0 Å². The molecule has 0 fully saturated rings. The molecule has 7 heteroatoms. The van der Waals surface area contributed by atoms with Crippen LogP contribution >= 0.6 is 11.6 Å². The standard InChI is InChI=1S/C3H2ClF3.C3H3F3/c4-2-1-3(5,6)7;1-2-3(4,5)6/h1-2H;2H,1H2. The largest absolute Gasteiger partial charge is 0.410 e. The lowest BCUT2D eigenvalue weighted by atomic mass is 10.6. The highest BCUT2D eigenvalue weighted by molar-refractivity contribution is 6.25. The molecule has 0 aliphatic carbocycles. The monoisotopic (exact) mass is 226 g/mol. The molecule has 0 aliphatic heterocycles. The highest BCUT2D eigenvalue weighted by Gasteiger charge is 2.21. The predicted molar refractivity (Wildman–Crippen MR) is 37.3 cm³/mol. The minimum atomic E-state index is -4.26. The van der Waals surface area contributed by atoms with Gasteiger partial charge in [0.05, 0.1) is 0 Å². The van der Waals surface area contributed by atoms with Crippen LogP contribution in [-0.4, -0.2) is 12.4 Å². The molecule has 0 atom stereocenters. The number of halogens is 7. The van der Waals surface area contributed by atoms with Crippen LogP contribution in [0, 0.1) is 0 Å². The van der Waals surface area contributed by atoms with E-state index in [1.165, 1.54) is 0 Å². The van der Waals surface area contributed by atoms with Crippen molar-refractivity contribution in [2.45, 2.75) is 12.4 Å². The normalized spacial score (nSPS) is 12.2. The molecule has 0 N–H and O–H groups in total. The van der Waals surface area contributed by atoms with Crippen LogP contribution in [0.1, 0.15) is 0 Å². The van der Waals surface area contributed by atoms with Gasteiger partial charge in [0.1, 0.15) is 0 Å². The van der Waals surface area contributed by atoms with Gasteiger partial charge >= 0.3 is 12.4 Å². The number of hydrogen-bond donors (Lipinski definition) is 0. The molecule has 0 aromatic carbocycles. The average molecular weight is 227 g/mol. The van der Waals surface area contributed by atoms with E-state index < -0.39 is 12.4 Å². The van der Waals surface area contributed by atoms with E-state index in [2.05, 4.69) is 18.2 Å². The zero-order valence-corrected chi connectivity index (χ0v) is 6.84. The first kappa shape index (κ1) is 14.9. The Balaban J connectivity index is 0. The summed E-state index contributed by atoms with van der Waals surface area (Å²) in [6.45, 7) is 2.51. The Labute approximate surface area is 75.5 Å². The minimum Gasteiger partial charge on any atom is -0.167 e. The molecule has 0 saturated carbocycles. The van der Waals surface area contributed by atoms with E-state index in [0.29, 0.717) is 5.54 Å². The molecule has 0 amide bonds. The molecule has 78 valence electrons. The molecule has 13 heavy (non-hydrogen) atoms. The van der Waals surface area contributed by atoms with E-state index >= 15 is 0 Å². The van der Waals surface area contributed by atoms with Crippen LogP contribution in [0.25, 0.3) is 0 Å². The SMILES string of the molecule is C=CC(F)(F)F.FC(F)(F)C=CCl. The lowest BCUT2D eigenvalue weighted by molar-refractivity contribution is -0.0805. The molecule has 0 rings (SSSR count). The van der Waals surface area contributed by atoms with Crippen molar-refractivity contribution in [3.63, 3.8) is 0 Å². The zero-order chi connectivity index (χ0) is 11.1. The Kier molecular flexibility index (Phi) is 6.75. The molecule has 0 radical (unpaired) electrons. The molecule has 0 nitrogen and oxygen atoms in total. The van der Waals surface area contributed by atoms with Gasteiger partial charge in [0.25, 0.3) is 0 Å². The fraction of sp³-hybridized carbons (Fsp3) is 0.333. The Hall–Kier alpha value is -0.650. The van der Waals surface area contributed by atoms with Crippen LogP contribution < -0.4 is 0 Å². The Morgan fingerprint density at radius 3 is 1.23 bits per heavy atom. The second-order valence-electron chi connectivity index (χ2n) is 1.58. The summed E-state index contributed by atoms with van der Waals surface area (Å²) in [5.74, 6) is 0. The van der Waals surface area contributed by atoms with Gasteiger partial charge in [-0.25, -0.2) is 0 Å². The summed E-state index contributed by atoms with van der Waals surface area (Å²) in [5.41, 5.74) is 0.431. The predicted octanol–water partition coefficient (Wildman–Crippen LogP) is 4.04.